The van der Waals surface area contributed by atoms with Gasteiger partial charge in [0, 0.05) is 24.5 Å². The molecule has 0 spiro atoms. The van der Waals surface area contributed by atoms with Crippen molar-refractivity contribution in [3.05, 3.63) is 153 Å². The highest BCUT2D eigenvalue weighted by Crippen LogP contribution is 2.42. The van der Waals surface area contributed by atoms with Crippen LogP contribution in [0.2, 0.25) is 5.02 Å². The largest absolute Gasteiger partial charge is 0.489 e. The van der Waals surface area contributed by atoms with Gasteiger partial charge in [0.05, 0.1) is 17.3 Å². The number of carbonyl (C=O) groups excluding carboxylic acids is 1. The number of nitrogens with one attached hydrogen (secondary N) is 2. The van der Waals surface area contributed by atoms with Gasteiger partial charge in [-0.1, -0.05) is 83.6 Å². The monoisotopic (exact) mass is 917 g/mol. The molecule has 1 unspecified atom stereocenters. The van der Waals surface area contributed by atoms with Crippen molar-refractivity contribution in [3.63, 3.8) is 0 Å². The number of carboxylic acid groups (broad SMARTS) is 1. The number of hydrogen-bond donors (Lipinski definition) is 3. The van der Waals surface area contributed by atoms with Crippen LogP contribution < -0.4 is 24.8 Å². The number of nitrogens with zero attached hydrogens (tertiary/aromatic N) is 3. The number of fused-ring (bicyclic) bond motifs is 2. The van der Waals surface area contributed by atoms with Gasteiger partial charge >= 0.3 is 5.97 Å². The number of aromatic nitrogens is 1. The second kappa shape index (κ2) is 18.7. The number of sulfonamides is 1. The Morgan fingerprint density at radius 1 is 0.969 bits per heavy atom. The number of benzene rings is 5. The van der Waals surface area contributed by atoms with Gasteiger partial charge in [-0.2, -0.15) is 9.57 Å². The summed E-state index contributed by atoms with van der Waals surface area (Å²) in [5.74, 6) is -0.484. The van der Waals surface area contributed by atoms with Gasteiger partial charge in [-0.05, 0) is 114 Å². The third-order valence-electron chi connectivity index (χ3n) is 11.2. The van der Waals surface area contributed by atoms with E-state index in [4.69, 9.17) is 31.1 Å². The number of halogens is 1. The summed E-state index contributed by atoms with van der Waals surface area (Å²) < 4.78 is 49.1. The molecule has 3 atom stereocenters. The zero-order chi connectivity index (χ0) is 45.1. The number of hydrogen-bond acceptors (Lipinski definition) is 11. The van der Waals surface area contributed by atoms with Crippen molar-refractivity contribution in [1.82, 2.24) is 14.6 Å². The van der Waals surface area contributed by atoms with E-state index in [1.165, 1.54) is 0 Å². The van der Waals surface area contributed by atoms with Crippen LogP contribution in [0, 0.1) is 25.2 Å². The lowest BCUT2D eigenvalue weighted by Gasteiger charge is -2.36. The Morgan fingerprint density at radius 3 is 2.33 bits per heavy atom. The van der Waals surface area contributed by atoms with Crippen molar-refractivity contribution in [2.75, 3.05) is 18.5 Å². The molecule has 3 heterocycles. The van der Waals surface area contributed by atoms with Crippen LogP contribution in [-0.4, -0.2) is 59.9 Å². The van der Waals surface area contributed by atoms with Crippen LogP contribution in [-0.2, 0) is 45.6 Å². The Kier molecular flexibility index (Phi) is 12.9. The Hall–Kier alpha value is -6.44. The van der Waals surface area contributed by atoms with Crippen LogP contribution >= 0.6 is 22.9 Å². The van der Waals surface area contributed by atoms with Gasteiger partial charge in [-0.3, -0.25) is 4.79 Å². The minimum atomic E-state index is -4.35. The first-order valence-electron chi connectivity index (χ1n) is 20.6. The molecule has 5 aromatic carbocycles. The van der Waals surface area contributed by atoms with Gasteiger partial charge in [-0.25, -0.2) is 18.2 Å². The molecule has 6 aromatic rings. The normalized spacial score (nSPS) is 16.2. The van der Waals surface area contributed by atoms with Crippen LogP contribution in [0.25, 0.3) is 11.1 Å². The number of ether oxygens (including phenoxy) is 3. The van der Waals surface area contributed by atoms with Crippen molar-refractivity contribution < 1.29 is 37.3 Å². The molecule has 3 N–H and O–H groups in total. The summed E-state index contributed by atoms with van der Waals surface area (Å²) >= 11 is 7.26. The minimum absolute atomic E-state index is 0.0189. The molecule has 1 aromatic heterocycles. The van der Waals surface area contributed by atoms with Gasteiger partial charge in [0.1, 0.15) is 31.0 Å². The molecule has 0 saturated heterocycles. The number of nitriles is 1. The topological polar surface area (TPSA) is 180 Å². The van der Waals surface area contributed by atoms with E-state index in [0.717, 1.165) is 43.5 Å². The number of aryl methyl sites for hydroxylation is 2. The number of thiazole rings is 1. The maximum absolute atomic E-state index is 14.6. The van der Waals surface area contributed by atoms with E-state index in [2.05, 4.69) is 21.7 Å². The van der Waals surface area contributed by atoms with E-state index in [1.54, 1.807) is 43.3 Å². The molecule has 0 bridgehead atoms. The maximum atomic E-state index is 14.6. The zero-order valence-electron chi connectivity index (χ0n) is 35.1. The van der Waals surface area contributed by atoms with Crippen molar-refractivity contribution in [3.8, 4) is 34.4 Å². The predicted octanol–water partition coefficient (Wildman–Crippen LogP) is 8.40. The second-order valence-electron chi connectivity index (χ2n) is 15.6. The van der Waals surface area contributed by atoms with Crippen LogP contribution in [0.4, 0.5) is 5.13 Å². The summed E-state index contributed by atoms with van der Waals surface area (Å²) in [6.45, 7) is 6.31. The van der Waals surface area contributed by atoms with Crippen LogP contribution in [0.5, 0.6) is 17.2 Å². The molecule has 64 heavy (non-hydrogen) atoms. The minimum Gasteiger partial charge on any atom is -0.489 e. The number of aliphatic carboxylic acids is 1. The fraction of sp³-hybridized carbons (Fsp3) is 0.250. The molecule has 16 heteroatoms. The lowest BCUT2D eigenvalue weighted by Crippen LogP contribution is -2.55. The summed E-state index contributed by atoms with van der Waals surface area (Å²) in [5, 5.41) is 26.3. The Bertz CT molecular complexity index is 2860. The van der Waals surface area contributed by atoms with E-state index in [1.807, 2.05) is 80.6 Å². The molecular weight excluding hydrogens is 874 g/mol. The third-order valence-corrected chi connectivity index (χ3v) is 15.2. The van der Waals surface area contributed by atoms with Crippen molar-refractivity contribution in [2.45, 2.75) is 69.2 Å². The highest BCUT2D eigenvalue weighted by molar-refractivity contribution is 7.91. The molecule has 1 amide bonds. The molecule has 2 aliphatic rings. The fourth-order valence-corrected chi connectivity index (χ4v) is 11.0. The van der Waals surface area contributed by atoms with Gasteiger partial charge in [0.2, 0.25) is 5.91 Å². The van der Waals surface area contributed by atoms with E-state index in [-0.39, 0.29) is 35.9 Å². The zero-order valence-corrected chi connectivity index (χ0v) is 37.5. The van der Waals surface area contributed by atoms with Gasteiger partial charge in [0.15, 0.2) is 26.9 Å². The lowest BCUT2D eigenvalue weighted by atomic mass is 9.94. The molecule has 8 rings (SSSR count). The quantitative estimate of drug-likeness (QED) is 0.0955. The molecule has 328 valence electrons. The van der Waals surface area contributed by atoms with Crippen molar-refractivity contribution >= 4 is 50.0 Å². The summed E-state index contributed by atoms with van der Waals surface area (Å²) in [6, 6.07) is 30.6. The standard InChI is InChI=1S/C48H44ClN5O8S2/c1-4-51-48-52-29(3)47(63-48)64(58,59)54-25-37-23-43-42(61-27-44(62-43)35-15-17-38(18-16-35)60-26-32-6-5-28(2)39(49)19-32)22-36(37)21-41(54)45(55)53-40(46(56)57)20-30-7-11-33(12-8-30)34-13-9-31(24-50)10-14-34/h5-19,22-23,40-41,44H,4,20-21,25-27H2,1-3H3,(H,51,52)(H,53,55)(H,56,57)/t40?,41-,44+/m0/s1. The second-order valence-corrected chi connectivity index (χ2v) is 19.1. The number of amides is 1. The number of carbonyl (C=O) groups is 2. The van der Waals surface area contributed by atoms with Gasteiger partial charge in [0.25, 0.3) is 10.0 Å². The molecular formula is C48H44ClN5O8S2. The first kappa shape index (κ1) is 44.2. The van der Waals surface area contributed by atoms with E-state index in [9.17, 15) is 23.1 Å². The fourth-order valence-electron chi connectivity index (χ4n) is 7.67. The predicted molar refractivity (Wildman–Crippen MR) is 243 cm³/mol. The Morgan fingerprint density at radius 2 is 1.66 bits per heavy atom. The van der Waals surface area contributed by atoms with E-state index < -0.39 is 40.1 Å². The smallest absolute Gasteiger partial charge is 0.326 e. The van der Waals surface area contributed by atoms with Crippen LogP contribution in [0.15, 0.2) is 107 Å². The lowest BCUT2D eigenvalue weighted by molar-refractivity contribution is -0.142. The Balaban J connectivity index is 1.02. The summed E-state index contributed by atoms with van der Waals surface area (Å²) in [6.07, 6.45) is -0.578. The average Bonchev–Trinajstić information content (AvgIpc) is 3.68. The third kappa shape index (κ3) is 9.56. The number of rotatable bonds is 14. The van der Waals surface area contributed by atoms with Gasteiger partial charge in [-0.15, -0.1) is 0 Å². The first-order chi connectivity index (χ1) is 30.8. The summed E-state index contributed by atoms with van der Waals surface area (Å²) in [5.41, 5.74) is 7.30. The highest BCUT2D eigenvalue weighted by atomic mass is 35.5. The molecule has 0 radical (unpaired) electrons. The van der Waals surface area contributed by atoms with E-state index in [0.29, 0.717) is 62.8 Å². The summed E-state index contributed by atoms with van der Waals surface area (Å²) in [7, 11) is -4.35. The average molecular weight is 918 g/mol. The van der Waals surface area contributed by atoms with Crippen LogP contribution in [0.1, 0.15) is 57.7 Å². The van der Waals surface area contributed by atoms with Gasteiger partial charge < -0.3 is 30.0 Å². The molecule has 0 fully saturated rings. The molecule has 13 nitrogen and oxygen atoms in total. The molecule has 2 aliphatic heterocycles. The van der Waals surface area contributed by atoms with Crippen molar-refractivity contribution in [2.24, 2.45) is 0 Å². The first-order valence-corrected chi connectivity index (χ1v) is 23.2. The van der Waals surface area contributed by atoms with Crippen LogP contribution in [0.3, 0.4) is 0 Å². The molecule has 0 aliphatic carbocycles. The van der Waals surface area contributed by atoms with Crippen molar-refractivity contribution in [1.29, 1.82) is 5.26 Å². The number of anilines is 1. The Labute approximate surface area is 380 Å². The molecule has 0 saturated carbocycles. The maximum Gasteiger partial charge on any atom is 0.326 e. The summed E-state index contributed by atoms with van der Waals surface area (Å²) in [4.78, 5) is 31.4. The van der Waals surface area contributed by atoms with E-state index >= 15 is 0 Å². The number of carboxylic acids is 1. The highest BCUT2D eigenvalue weighted by Gasteiger charge is 2.43. The SMILES string of the molecule is CCNc1nc(C)c(S(=O)(=O)N2Cc3cc4c(cc3C[C@H]2C(=O)NC(Cc2ccc(-c3ccc(C#N)cc3)cc2)C(=O)O)OC[C@H](c2ccc(OCc3ccc(C)c(Cl)c3)cc2)O4)s1.